The lowest BCUT2D eigenvalue weighted by atomic mass is 10.1. The first-order valence-electron chi connectivity index (χ1n) is 8.66. The first-order valence-corrected chi connectivity index (χ1v) is 11.7. The fraction of sp³-hybridized carbons (Fsp3) is 0.150. The molecule has 0 radical (unpaired) electrons. The summed E-state index contributed by atoms with van der Waals surface area (Å²) in [5, 5.41) is -1.18. The van der Waals surface area contributed by atoms with Crippen LogP contribution < -0.4 is 4.90 Å². The third-order valence-electron chi connectivity index (χ3n) is 4.57. The summed E-state index contributed by atoms with van der Waals surface area (Å²) in [4.78, 5) is 7.90. The molecule has 0 N–H and O–H groups in total. The number of hydrogen-bond acceptors (Lipinski definition) is 6. The van der Waals surface area contributed by atoms with E-state index in [1.807, 2.05) is 54.6 Å². The van der Waals surface area contributed by atoms with Crippen molar-refractivity contribution >= 4 is 49.2 Å². The van der Waals surface area contributed by atoms with Crippen LogP contribution >= 0.6 is 27.7 Å². The number of hydrogen-bond donors (Lipinski definition) is 0. The van der Waals surface area contributed by atoms with Crippen molar-refractivity contribution in [2.45, 2.75) is 28.5 Å². The molecule has 2 aromatic carbocycles. The quantitative estimate of drug-likeness (QED) is 0.470. The number of fused-ring (bicyclic) bond motifs is 2. The van der Waals surface area contributed by atoms with Gasteiger partial charge in [-0.25, -0.2) is 8.42 Å². The first-order chi connectivity index (χ1) is 13.4. The summed E-state index contributed by atoms with van der Waals surface area (Å²) in [6, 6.07) is 17.1. The molecule has 0 spiro atoms. The molecule has 0 saturated carbocycles. The maximum atomic E-state index is 12.1. The lowest BCUT2D eigenvalue weighted by Crippen LogP contribution is -2.38. The molecule has 144 valence electrons. The van der Waals surface area contributed by atoms with Crippen LogP contribution in [0.3, 0.4) is 0 Å². The van der Waals surface area contributed by atoms with Gasteiger partial charge in [0.15, 0.2) is 0 Å². The number of benzene rings is 2. The van der Waals surface area contributed by atoms with E-state index in [1.54, 1.807) is 29.8 Å². The summed E-state index contributed by atoms with van der Waals surface area (Å²) in [5.41, 5.74) is 3.02. The van der Waals surface area contributed by atoms with Crippen LogP contribution in [0.4, 0.5) is 11.4 Å². The molecule has 0 bridgehead atoms. The topological polar surface area (TPSA) is 73.3 Å². The standard InChI is InChI=1S/C20H17BrN2O3S2/c1-2-19(28(24,25)26)23-15-7-3-4-8-17(15)27-18-10-9-13(12-16(18)23)20-14(21)6-5-11-22-20/h3-12,19H,2H2,1H3,(H,24,25,26)/p-1. The fourth-order valence-corrected chi connectivity index (χ4v) is 5.78. The average molecular weight is 476 g/mol. The third-order valence-corrected chi connectivity index (χ3v) is 7.55. The highest BCUT2D eigenvalue weighted by atomic mass is 79.9. The molecule has 1 aromatic heterocycles. The summed E-state index contributed by atoms with van der Waals surface area (Å²) in [5.74, 6) is 0. The van der Waals surface area contributed by atoms with Crippen LogP contribution in [0.25, 0.3) is 11.3 Å². The molecule has 0 amide bonds. The molecule has 28 heavy (non-hydrogen) atoms. The van der Waals surface area contributed by atoms with Crippen molar-refractivity contribution in [3.8, 4) is 11.3 Å². The largest absolute Gasteiger partial charge is 0.746 e. The Balaban J connectivity index is 1.94. The molecule has 2 heterocycles. The number of halogens is 1. The molecule has 0 fully saturated rings. The molecular weight excluding hydrogens is 460 g/mol. The summed E-state index contributed by atoms with van der Waals surface area (Å²) >= 11 is 5.08. The highest BCUT2D eigenvalue weighted by molar-refractivity contribution is 9.10. The zero-order chi connectivity index (χ0) is 19.9. The van der Waals surface area contributed by atoms with Gasteiger partial charge in [-0.05, 0) is 58.7 Å². The van der Waals surface area contributed by atoms with E-state index < -0.39 is 15.5 Å². The van der Waals surface area contributed by atoms with E-state index in [2.05, 4.69) is 20.9 Å². The van der Waals surface area contributed by atoms with E-state index in [-0.39, 0.29) is 6.42 Å². The van der Waals surface area contributed by atoms with Gasteiger partial charge in [0.2, 0.25) is 0 Å². The predicted octanol–water partition coefficient (Wildman–Crippen LogP) is 5.40. The second-order valence-electron chi connectivity index (χ2n) is 6.31. The Morgan fingerprint density at radius 1 is 1.11 bits per heavy atom. The molecule has 0 saturated heterocycles. The number of pyridine rings is 1. The molecule has 0 aliphatic carbocycles. The van der Waals surface area contributed by atoms with Gasteiger partial charge in [0.05, 0.1) is 17.1 Å². The van der Waals surface area contributed by atoms with E-state index in [1.165, 1.54) is 0 Å². The molecule has 8 heteroatoms. The van der Waals surface area contributed by atoms with Gasteiger partial charge in [-0.15, -0.1) is 0 Å². The zero-order valence-electron chi connectivity index (χ0n) is 14.9. The smallest absolute Gasteiger partial charge is 0.124 e. The van der Waals surface area contributed by atoms with Crippen LogP contribution in [-0.2, 0) is 10.1 Å². The monoisotopic (exact) mass is 475 g/mol. The van der Waals surface area contributed by atoms with Crippen molar-refractivity contribution in [3.63, 3.8) is 0 Å². The van der Waals surface area contributed by atoms with Gasteiger partial charge >= 0.3 is 0 Å². The molecule has 5 nitrogen and oxygen atoms in total. The third kappa shape index (κ3) is 3.45. The zero-order valence-corrected chi connectivity index (χ0v) is 18.1. The van der Waals surface area contributed by atoms with E-state index in [4.69, 9.17) is 0 Å². The van der Waals surface area contributed by atoms with Crippen molar-refractivity contribution in [2.24, 2.45) is 0 Å². The maximum absolute atomic E-state index is 12.1. The van der Waals surface area contributed by atoms with Gasteiger partial charge in [-0.3, -0.25) is 4.98 Å². The van der Waals surface area contributed by atoms with Crippen LogP contribution in [0.5, 0.6) is 0 Å². The Kier molecular flexibility index (Phi) is 5.22. The molecule has 1 atom stereocenters. The summed E-state index contributed by atoms with van der Waals surface area (Å²) in [6.45, 7) is 1.71. The Morgan fingerprint density at radius 3 is 2.57 bits per heavy atom. The van der Waals surface area contributed by atoms with Gasteiger partial charge in [-0.1, -0.05) is 36.9 Å². The minimum Gasteiger partial charge on any atom is -0.746 e. The SMILES string of the molecule is CCC(N1c2ccccc2Sc2ccc(-c3ncccc3Br)cc21)S(=O)(=O)[O-]. The molecular formula is C20H16BrN2O3S2-. The summed E-state index contributed by atoms with van der Waals surface area (Å²) in [6.07, 6.45) is 1.89. The van der Waals surface area contributed by atoms with Crippen LogP contribution in [-0.4, -0.2) is 23.3 Å². The highest BCUT2D eigenvalue weighted by Crippen LogP contribution is 2.50. The molecule has 1 aliphatic heterocycles. The van der Waals surface area contributed by atoms with Crippen molar-refractivity contribution in [3.05, 3.63) is 65.3 Å². The van der Waals surface area contributed by atoms with Gasteiger partial charge in [0.1, 0.15) is 15.5 Å². The minimum absolute atomic E-state index is 0.182. The van der Waals surface area contributed by atoms with Gasteiger partial charge in [0.25, 0.3) is 0 Å². The molecule has 3 aromatic rings. The van der Waals surface area contributed by atoms with Crippen molar-refractivity contribution in [1.82, 2.24) is 4.98 Å². The summed E-state index contributed by atoms with van der Waals surface area (Å²) in [7, 11) is -4.54. The highest BCUT2D eigenvalue weighted by Gasteiger charge is 2.32. The van der Waals surface area contributed by atoms with Crippen molar-refractivity contribution < 1.29 is 13.0 Å². The minimum atomic E-state index is -4.54. The second-order valence-corrected chi connectivity index (χ2v) is 9.78. The van der Waals surface area contributed by atoms with Crippen LogP contribution in [0.15, 0.2) is 75.1 Å². The van der Waals surface area contributed by atoms with E-state index in [0.29, 0.717) is 5.69 Å². The lowest BCUT2D eigenvalue weighted by molar-refractivity contribution is 0.445. The molecule has 1 aliphatic rings. The van der Waals surface area contributed by atoms with Crippen LogP contribution in [0, 0.1) is 0 Å². The average Bonchev–Trinajstić information content (AvgIpc) is 2.67. The van der Waals surface area contributed by atoms with Gasteiger partial charge < -0.3 is 9.45 Å². The number of para-hydroxylation sites is 1. The van der Waals surface area contributed by atoms with Crippen LogP contribution in [0.1, 0.15) is 13.3 Å². The summed E-state index contributed by atoms with van der Waals surface area (Å²) < 4.78 is 37.0. The van der Waals surface area contributed by atoms with Crippen molar-refractivity contribution in [2.75, 3.05) is 4.90 Å². The van der Waals surface area contributed by atoms with Gasteiger partial charge in [0, 0.05) is 26.0 Å². The number of rotatable bonds is 4. The Hall–Kier alpha value is -1.87. The predicted molar refractivity (Wildman–Crippen MR) is 114 cm³/mol. The Bertz CT molecular complexity index is 1150. The van der Waals surface area contributed by atoms with Crippen LogP contribution in [0.2, 0.25) is 0 Å². The molecule has 1 unspecified atom stereocenters. The van der Waals surface area contributed by atoms with E-state index in [0.717, 1.165) is 31.2 Å². The molecule has 4 rings (SSSR count). The lowest BCUT2D eigenvalue weighted by Gasteiger charge is -2.39. The number of nitrogens with zero attached hydrogens (tertiary/aromatic N) is 2. The van der Waals surface area contributed by atoms with Gasteiger partial charge in [-0.2, -0.15) is 0 Å². The van der Waals surface area contributed by atoms with E-state index in [9.17, 15) is 13.0 Å². The Morgan fingerprint density at radius 2 is 1.86 bits per heavy atom. The second kappa shape index (κ2) is 7.51. The maximum Gasteiger partial charge on any atom is 0.124 e. The number of anilines is 2. The fourth-order valence-electron chi connectivity index (χ4n) is 3.35. The normalized spacial score (nSPS) is 14.3. The van der Waals surface area contributed by atoms with E-state index >= 15 is 0 Å². The van der Waals surface area contributed by atoms with Crippen molar-refractivity contribution in [1.29, 1.82) is 0 Å². The first kappa shape index (κ1) is 19.4. The Labute approximate surface area is 176 Å². The number of aromatic nitrogens is 1.